The summed E-state index contributed by atoms with van der Waals surface area (Å²) in [6.45, 7) is 1.13. The summed E-state index contributed by atoms with van der Waals surface area (Å²) >= 11 is 1.43. The van der Waals surface area contributed by atoms with Crippen molar-refractivity contribution >= 4 is 27.4 Å². The quantitative estimate of drug-likeness (QED) is 0.789. The van der Waals surface area contributed by atoms with E-state index in [1.165, 1.54) is 11.3 Å². The van der Waals surface area contributed by atoms with Gasteiger partial charge in [-0.2, -0.15) is 0 Å². The van der Waals surface area contributed by atoms with E-state index in [-0.39, 0.29) is 5.97 Å². The molecule has 5 heteroatoms. The average Bonchev–Trinajstić information content (AvgIpc) is 2.80. The summed E-state index contributed by atoms with van der Waals surface area (Å²) in [5, 5.41) is 1.03. The van der Waals surface area contributed by atoms with Crippen molar-refractivity contribution in [3.05, 3.63) is 29.1 Å². The summed E-state index contributed by atoms with van der Waals surface area (Å²) in [6.07, 6.45) is 0. The van der Waals surface area contributed by atoms with Crippen LogP contribution in [0.4, 0.5) is 0 Å². The Morgan fingerprint density at radius 3 is 2.79 bits per heavy atom. The normalized spacial score (nSPS) is 10.9. The van der Waals surface area contributed by atoms with Crippen LogP contribution in [0.15, 0.2) is 24.3 Å². The number of hydrogen-bond donors (Lipinski definition) is 0. The van der Waals surface area contributed by atoms with E-state index < -0.39 is 0 Å². The Morgan fingerprint density at radius 1 is 1.32 bits per heavy atom. The van der Waals surface area contributed by atoms with Crippen LogP contribution in [0, 0.1) is 0 Å². The van der Waals surface area contributed by atoms with Gasteiger partial charge >= 0.3 is 5.97 Å². The summed E-state index contributed by atoms with van der Waals surface area (Å²) in [5.41, 5.74) is 0. The second-order valence-electron chi connectivity index (χ2n) is 4.45. The molecule has 0 saturated carbocycles. The number of benzene rings is 1. The smallest absolute Gasteiger partial charge is 0.348 e. The second kappa shape index (κ2) is 6.04. The molecule has 0 aliphatic rings. The van der Waals surface area contributed by atoms with E-state index in [0.29, 0.717) is 11.5 Å². The highest BCUT2D eigenvalue weighted by Gasteiger charge is 2.12. The number of rotatable bonds is 5. The molecule has 0 aliphatic heterocycles. The third-order valence-electron chi connectivity index (χ3n) is 2.70. The maximum Gasteiger partial charge on any atom is 0.348 e. The van der Waals surface area contributed by atoms with Crippen molar-refractivity contribution in [2.75, 3.05) is 34.4 Å². The van der Waals surface area contributed by atoms with Crippen LogP contribution in [0.2, 0.25) is 0 Å². The van der Waals surface area contributed by atoms with Gasteiger partial charge in [0.1, 0.15) is 17.2 Å². The zero-order valence-corrected chi connectivity index (χ0v) is 12.1. The van der Waals surface area contributed by atoms with E-state index in [2.05, 4.69) is 0 Å². The lowest BCUT2D eigenvalue weighted by molar-refractivity contribution is 0.0487. The molecule has 2 rings (SSSR count). The number of esters is 1. The van der Waals surface area contributed by atoms with Gasteiger partial charge in [-0.3, -0.25) is 0 Å². The highest BCUT2D eigenvalue weighted by atomic mass is 32.1. The molecule has 0 bridgehead atoms. The standard InChI is InChI=1S/C14H17NO3S/c1-15(2)6-7-18-14(16)13-8-10-4-5-11(17-3)9-12(10)19-13/h4-5,8-9H,6-7H2,1-3H3. The number of ether oxygens (including phenoxy) is 2. The molecule has 0 radical (unpaired) electrons. The van der Waals surface area contributed by atoms with Crippen LogP contribution in [0.5, 0.6) is 5.75 Å². The molecule has 0 unspecified atom stereocenters. The van der Waals surface area contributed by atoms with E-state index >= 15 is 0 Å². The molecule has 0 aliphatic carbocycles. The summed E-state index contributed by atoms with van der Waals surface area (Å²) in [6, 6.07) is 7.62. The molecule has 1 aromatic carbocycles. The van der Waals surface area contributed by atoms with Crippen molar-refractivity contribution in [3.63, 3.8) is 0 Å². The first-order chi connectivity index (χ1) is 9.10. The molecule has 2 aromatic rings. The fraction of sp³-hybridized carbons (Fsp3) is 0.357. The van der Waals surface area contributed by atoms with Gasteiger partial charge in [0.25, 0.3) is 0 Å². The van der Waals surface area contributed by atoms with Gasteiger partial charge in [-0.1, -0.05) is 0 Å². The maximum atomic E-state index is 11.9. The SMILES string of the molecule is COc1ccc2cc(C(=O)OCCN(C)C)sc2c1. The molecule has 0 N–H and O–H groups in total. The van der Waals surface area contributed by atoms with E-state index in [1.54, 1.807) is 7.11 Å². The first-order valence-electron chi connectivity index (χ1n) is 5.99. The molecule has 1 aromatic heterocycles. The van der Waals surface area contributed by atoms with Crippen molar-refractivity contribution in [2.24, 2.45) is 0 Å². The van der Waals surface area contributed by atoms with Crippen LogP contribution < -0.4 is 4.74 Å². The molecule has 0 saturated heterocycles. The fourth-order valence-corrected chi connectivity index (χ4v) is 2.62. The van der Waals surface area contributed by atoms with Crippen LogP contribution in [0.25, 0.3) is 10.1 Å². The predicted octanol–water partition coefficient (Wildman–Crippen LogP) is 2.63. The van der Waals surface area contributed by atoms with Gasteiger partial charge in [-0.25, -0.2) is 4.79 Å². The van der Waals surface area contributed by atoms with E-state index in [1.807, 2.05) is 43.3 Å². The van der Waals surface area contributed by atoms with Gasteiger partial charge in [0, 0.05) is 11.2 Å². The van der Waals surface area contributed by atoms with Crippen molar-refractivity contribution in [1.82, 2.24) is 4.90 Å². The monoisotopic (exact) mass is 279 g/mol. The van der Waals surface area contributed by atoms with Gasteiger partial charge < -0.3 is 14.4 Å². The maximum absolute atomic E-state index is 11.9. The number of carbonyl (C=O) groups excluding carboxylic acids is 1. The van der Waals surface area contributed by atoms with Crippen LogP contribution in [-0.4, -0.2) is 45.2 Å². The Bertz CT molecular complexity index is 577. The first-order valence-corrected chi connectivity index (χ1v) is 6.81. The lowest BCUT2D eigenvalue weighted by atomic mass is 10.2. The van der Waals surface area contributed by atoms with E-state index in [9.17, 15) is 4.79 Å². The average molecular weight is 279 g/mol. The predicted molar refractivity (Wildman–Crippen MR) is 77.2 cm³/mol. The van der Waals surface area contributed by atoms with E-state index in [0.717, 1.165) is 22.4 Å². The minimum atomic E-state index is -0.262. The zero-order chi connectivity index (χ0) is 13.8. The molecule has 102 valence electrons. The topological polar surface area (TPSA) is 38.8 Å². The number of methoxy groups -OCH3 is 1. The third-order valence-corrected chi connectivity index (χ3v) is 3.78. The van der Waals surface area contributed by atoms with Gasteiger partial charge in [0.05, 0.1) is 7.11 Å². The minimum Gasteiger partial charge on any atom is -0.497 e. The molecule has 19 heavy (non-hydrogen) atoms. The molecule has 1 heterocycles. The third kappa shape index (κ3) is 3.45. The number of likely N-dealkylation sites (N-methyl/N-ethyl adjacent to an activating group) is 1. The number of thiophene rings is 1. The highest BCUT2D eigenvalue weighted by Crippen LogP contribution is 2.29. The number of hydrogen-bond acceptors (Lipinski definition) is 5. The Balaban J connectivity index is 2.10. The van der Waals surface area contributed by atoms with Crippen molar-refractivity contribution < 1.29 is 14.3 Å². The number of nitrogens with zero attached hydrogens (tertiary/aromatic N) is 1. The van der Waals surface area contributed by atoms with Crippen LogP contribution in [-0.2, 0) is 4.74 Å². The van der Waals surface area contributed by atoms with Crippen molar-refractivity contribution in [2.45, 2.75) is 0 Å². The van der Waals surface area contributed by atoms with Crippen molar-refractivity contribution in [1.29, 1.82) is 0 Å². The van der Waals surface area contributed by atoms with Crippen LogP contribution in [0.3, 0.4) is 0 Å². The molecule has 0 spiro atoms. The lowest BCUT2D eigenvalue weighted by Crippen LogP contribution is -2.19. The molecular formula is C14H17NO3S. The van der Waals surface area contributed by atoms with Crippen molar-refractivity contribution in [3.8, 4) is 5.75 Å². The molecule has 0 atom stereocenters. The first kappa shape index (κ1) is 13.8. The van der Waals surface area contributed by atoms with Crippen LogP contribution in [0.1, 0.15) is 9.67 Å². The highest BCUT2D eigenvalue weighted by molar-refractivity contribution is 7.20. The van der Waals surface area contributed by atoms with Gasteiger partial charge in [0.15, 0.2) is 0 Å². The number of fused-ring (bicyclic) bond motifs is 1. The Kier molecular flexibility index (Phi) is 4.39. The minimum absolute atomic E-state index is 0.262. The molecule has 0 fully saturated rings. The summed E-state index contributed by atoms with van der Waals surface area (Å²) in [4.78, 5) is 14.5. The van der Waals surface area contributed by atoms with Gasteiger partial charge in [-0.05, 0) is 43.7 Å². The summed E-state index contributed by atoms with van der Waals surface area (Å²) < 4.78 is 11.4. The fourth-order valence-electron chi connectivity index (χ4n) is 1.63. The Labute approximate surface area is 116 Å². The Morgan fingerprint density at radius 2 is 2.11 bits per heavy atom. The van der Waals surface area contributed by atoms with Gasteiger partial charge in [0.2, 0.25) is 0 Å². The van der Waals surface area contributed by atoms with E-state index in [4.69, 9.17) is 9.47 Å². The largest absolute Gasteiger partial charge is 0.497 e. The summed E-state index contributed by atoms with van der Waals surface area (Å²) in [7, 11) is 5.52. The second-order valence-corrected chi connectivity index (χ2v) is 5.54. The van der Waals surface area contributed by atoms with Gasteiger partial charge in [-0.15, -0.1) is 11.3 Å². The Hall–Kier alpha value is -1.59. The molecular weight excluding hydrogens is 262 g/mol. The van der Waals surface area contributed by atoms with Crippen LogP contribution >= 0.6 is 11.3 Å². The zero-order valence-electron chi connectivity index (χ0n) is 11.3. The summed E-state index contributed by atoms with van der Waals surface area (Å²) in [5.74, 6) is 0.531. The number of carbonyl (C=O) groups is 1. The molecule has 0 amide bonds. The molecule has 4 nitrogen and oxygen atoms in total. The lowest BCUT2D eigenvalue weighted by Gasteiger charge is -2.08.